The quantitative estimate of drug-likeness (QED) is 0.245. The van der Waals surface area contributed by atoms with Crippen molar-refractivity contribution in [2.45, 2.75) is 26.3 Å². The third-order valence-electron chi connectivity index (χ3n) is 3.01. The van der Waals surface area contributed by atoms with Crippen LogP contribution in [0.4, 0.5) is 10.1 Å². The molecule has 0 unspecified atom stereocenters. The van der Waals surface area contributed by atoms with Gasteiger partial charge in [-0.05, 0) is 51.3 Å². The van der Waals surface area contributed by atoms with E-state index in [1.807, 2.05) is 26.8 Å². The molecule has 8 nitrogen and oxygen atoms in total. The zero-order valence-electron chi connectivity index (χ0n) is 15.8. The number of halogens is 1. The summed E-state index contributed by atoms with van der Waals surface area (Å²) in [6.45, 7) is 5.57. The van der Waals surface area contributed by atoms with Crippen LogP contribution in [0.2, 0.25) is 0 Å². The zero-order valence-corrected chi connectivity index (χ0v) is 15.8. The minimum Gasteiger partial charge on any atom is -0.405 e. The van der Waals surface area contributed by atoms with Gasteiger partial charge in [0.2, 0.25) is 5.82 Å². The Hall–Kier alpha value is -3.80. The first-order valence-electron chi connectivity index (χ1n) is 8.16. The SMILES string of the molecule is CC(C)(C)N\N=C(/C(C#N)=C/N=C\C=C/C=C/N)c1ccc([N+](=O)[O-])c(F)c1. The van der Waals surface area contributed by atoms with Crippen molar-refractivity contribution >= 4 is 17.6 Å². The van der Waals surface area contributed by atoms with Gasteiger partial charge in [-0.3, -0.25) is 15.1 Å². The van der Waals surface area contributed by atoms with Crippen LogP contribution in [0.5, 0.6) is 0 Å². The number of nitriles is 1. The molecule has 0 amide bonds. The number of benzene rings is 1. The fourth-order valence-electron chi connectivity index (χ4n) is 1.79. The van der Waals surface area contributed by atoms with E-state index in [0.29, 0.717) is 0 Å². The molecule has 0 saturated heterocycles. The maximum Gasteiger partial charge on any atom is 0.304 e. The molecule has 0 aliphatic heterocycles. The van der Waals surface area contributed by atoms with Crippen LogP contribution in [0.15, 0.2) is 64.5 Å². The van der Waals surface area contributed by atoms with Crippen LogP contribution in [-0.4, -0.2) is 22.4 Å². The zero-order chi connectivity index (χ0) is 21.2. The Morgan fingerprint density at radius 3 is 2.61 bits per heavy atom. The molecule has 0 radical (unpaired) electrons. The largest absolute Gasteiger partial charge is 0.405 e. The molecule has 28 heavy (non-hydrogen) atoms. The summed E-state index contributed by atoms with van der Waals surface area (Å²) >= 11 is 0. The number of hydrogen-bond acceptors (Lipinski definition) is 7. The fraction of sp³-hybridized carbons (Fsp3) is 0.211. The highest BCUT2D eigenvalue weighted by Crippen LogP contribution is 2.20. The first-order valence-corrected chi connectivity index (χ1v) is 8.16. The van der Waals surface area contributed by atoms with Gasteiger partial charge in [0.25, 0.3) is 0 Å². The van der Waals surface area contributed by atoms with Crippen LogP contribution < -0.4 is 11.2 Å². The summed E-state index contributed by atoms with van der Waals surface area (Å²) in [6, 6.07) is 5.27. The van der Waals surface area contributed by atoms with Crippen LogP contribution in [0.3, 0.4) is 0 Å². The average molecular weight is 384 g/mol. The van der Waals surface area contributed by atoms with E-state index in [4.69, 9.17) is 5.73 Å². The average Bonchev–Trinajstić information content (AvgIpc) is 2.61. The number of nitro benzene ring substituents is 1. The number of hydrogen-bond donors (Lipinski definition) is 2. The number of allylic oxidation sites excluding steroid dienone is 4. The lowest BCUT2D eigenvalue weighted by atomic mass is 10.0. The summed E-state index contributed by atoms with van der Waals surface area (Å²) in [5.74, 6) is -1.02. The van der Waals surface area contributed by atoms with E-state index in [9.17, 15) is 19.8 Å². The van der Waals surface area contributed by atoms with E-state index < -0.39 is 22.0 Å². The summed E-state index contributed by atoms with van der Waals surface area (Å²) < 4.78 is 14.1. The molecule has 0 spiro atoms. The van der Waals surface area contributed by atoms with Gasteiger partial charge in [-0.2, -0.15) is 14.8 Å². The summed E-state index contributed by atoms with van der Waals surface area (Å²) in [7, 11) is 0. The molecule has 0 aliphatic rings. The van der Waals surface area contributed by atoms with Crippen LogP contribution in [0.1, 0.15) is 26.3 Å². The number of aliphatic imine (C=N–C) groups is 1. The molecule has 9 heteroatoms. The topological polar surface area (TPSA) is 130 Å². The minimum absolute atomic E-state index is 0.0454. The van der Waals surface area contributed by atoms with Gasteiger partial charge in [0.1, 0.15) is 11.8 Å². The molecule has 0 bridgehead atoms. The molecule has 0 saturated carbocycles. The van der Waals surface area contributed by atoms with Crippen LogP contribution in [-0.2, 0) is 0 Å². The number of nitrogens with two attached hydrogens (primary N) is 1. The van der Waals surface area contributed by atoms with Crippen molar-refractivity contribution in [2.24, 2.45) is 15.8 Å². The Labute approximate surface area is 162 Å². The van der Waals surface area contributed by atoms with Crippen molar-refractivity contribution in [3.05, 3.63) is 75.9 Å². The number of hydrazone groups is 1. The predicted octanol–water partition coefficient (Wildman–Crippen LogP) is 3.33. The normalized spacial score (nSPS) is 13.4. The van der Waals surface area contributed by atoms with Crippen LogP contribution in [0.25, 0.3) is 0 Å². The first kappa shape index (κ1) is 22.2. The Kier molecular flexibility index (Phi) is 8.24. The van der Waals surface area contributed by atoms with Crippen molar-refractivity contribution in [2.75, 3.05) is 0 Å². The molecule has 1 aromatic carbocycles. The molecule has 3 N–H and O–H groups in total. The molecular formula is C19H21FN6O2. The summed E-state index contributed by atoms with van der Waals surface area (Å²) in [5.41, 5.74) is 7.32. The Morgan fingerprint density at radius 1 is 1.36 bits per heavy atom. The summed E-state index contributed by atoms with van der Waals surface area (Å²) in [5, 5.41) is 24.5. The van der Waals surface area contributed by atoms with E-state index in [2.05, 4.69) is 15.5 Å². The van der Waals surface area contributed by atoms with Gasteiger partial charge < -0.3 is 11.2 Å². The minimum atomic E-state index is -1.02. The van der Waals surface area contributed by atoms with Crippen molar-refractivity contribution in [1.82, 2.24) is 5.43 Å². The van der Waals surface area contributed by atoms with Crippen molar-refractivity contribution in [1.29, 1.82) is 5.26 Å². The van der Waals surface area contributed by atoms with E-state index in [0.717, 1.165) is 12.1 Å². The number of nitro groups is 1. The molecule has 0 aliphatic carbocycles. The van der Waals surface area contributed by atoms with Gasteiger partial charge in [0.15, 0.2) is 0 Å². The maximum absolute atomic E-state index is 14.1. The van der Waals surface area contributed by atoms with Gasteiger partial charge in [0, 0.05) is 29.6 Å². The molecule has 0 fully saturated rings. The van der Waals surface area contributed by atoms with E-state index in [1.54, 1.807) is 18.2 Å². The van der Waals surface area contributed by atoms with E-state index in [-0.39, 0.29) is 16.8 Å². The Balaban J connectivity index is 3.37. The lowest BCUT2D eigenvalue weighted by molar-refractivity contribution is -0.387. The molecule has 1 rings (SSSR count). The van der Waals surface area contributed by atoms with Gasteiger partial charge in [-0.15, -0.1) is 0 Å². The molecule has 0 heterocycles. The number of nitrogens with zero attached hydrogens (tertiary/aromatic N) is 4. The maximum atomic E-state index is 14.1. The summed E-state index contributed by atoms with van der Waals surface area (Å²) in [6.07, 6.45) is 8.89. The lowest BCUT2D eigenvalue weighted by Gasteiger charge is -2.19. The third-order valence-corrected chi connectivity index (χ3v) is 3.01. The molecule has 0 aromatic heterocycles. The molecule has 1 aromatic rings. The molecular weight excluding hydrogens is 363 g/mol. The lowest BCUT2D eigenvalue weighted by Crippen LogP contribution is -2.32. The van der Waals surface area contributed by atoms with Gasteiger partial charge >= 0.3 is 5.69 Å². The highest BCUT2D eigenvalue weighted by atomic mass is 19.1. The van der Waals surface area contributed by atoms with Gasteiger partial charge in [-0.25, -0.2) is 0 Å². The second-order valence-corrected chi connectivity index (χ2v) is 6.47. The van der Waals surface area contributed by atoms with Crippen molar-refractivity contribution in [3.8, 4) is 6.07 Å². The molecule has 146 valence electrons. The third kappa shape index (κ3) is 7.21. The number of rotatable bonds is 7. The second kappa shape index (κ2) is 10.4. The second-order valence-electron chi connectivity index (χ2n) is 6.47. The van der Waals surface area contributed by atoms with E-state index in [1.165, 1.54) is 24.7 Å². The summed E-state index contributed by atoms with van der Waals surface area (Å²) in [4.78, 5) is 14.0. The van der Waals surface area contributed by atoms with Crippen molar-refractivity contribution < 1.29 is 9.31 Å². The fourth-order valence-corrected chi connectivity index (χ4v) is 1.79. The highest BCUT2D eigenvalue weighted by Gasteiger charge is 2.19. The van der Waals surface area contributed by atoms with Crippen LogP contribution in [0, 0.1) is 27.3 Å². The predicted molar refractivity (Wildman–Crippen MR) is 107 cm³/mol. The van der Waals surface area contributed by atoms with Gasteiger partial charge in [0.05, 0.1) is 10.5 Å². The monoisotopic (exact) mass is 384 g/mol. The van der Waals surface area contributed by atoms with Crippen LogP contribution >= 0.6 is 0 Å². The first-order chi connectivity index (χ1) is 13.2. The molecule has 0 atom stereocenters. The Bertz CT molecular complexity index is 902. The highest BCUT2D eigenvalue weighted by molar-refractivity contribution is 6.15. The smallest absolute Gasteiger partial charge is 0.304 e. The number of nitrogens with one attached hydrogen (secondary N) is 1. The Morgan fingerprint density at radius 2 is 2.07 bits per heavy atom. The van der Waals surface area contributed by atoms with Crippen molar-refractivity contribution in [3.63, 3.8) is 0 Å². The van der Waals surface area contributed by atoms with Gasteiger partial charge in [-0.1, -0.05) is 6.08 Å². The van der Waals surface area contributed by atoms with E-state index >= 15 is 0 Å². The standard InChI is InChI=1S/C19H21FN6O2/c1-19(2,3)25-24-18(14-7-8-17(26(27)28)16(20)11-14)15(12-22)13-23-10-6-4-5-9-21/h4-11,13,25H,21H2,1-3H3/b6-4-,9-5+,15-13+,23-10-,24-18-.